The van der Waals surface area contributed by atoms with E-state index in [0.29, 0.717) is 21.4 Å². The van der Waals surface area contributed by atoms with Crippen molar-refractivity contribution in [3.8, 4) is 16.3 Å². The van der Waals surface area contributed by atoms with Crippen LogP contribution >= 0.6 is 22.7 Å². The molecule has 26 heavy (non-hydrogen) atoms. The van der Waals surface area contributed by atoms with E-state index < -0.39 is 6.36 Å². The number of amides is 1. The maximum absolute atomic E-state index is 12.2. The number of anilines is 1. The van der Waals surface area contributed by atoms with Gasteiger partial charge in [0, 0.05) is 16.3 Å². The second-order valence-corrected chi connectivity index (χ2v) is 6.95. The average molecular weight is 399 g/mol. The second kappa shape index (κ2) is 7.42. The maximum atomic E-state index is 12.2. The van der Waals surface area contributed by atoms with Gasteiger partial charge in [-0.2, -0.15) is 0 Å². The molecule has 1 aromatic carbocycles. The second-order valence-electron chi connectivity index (χ2n) is 5.24. The molecule has 0 radical (unpaired) electrons. The van der Waals surface area contributed by atoms with Gasteiger partial charge in [0.15, 0.2) is 5.13 Å². The van der Waals surface area contributed by atoms with E-state index in [4.69, 9.17) is 0 Å². The fraction of sp³-hybridized carbons (Fsp3) is 0.188. The molecule has 0 bridgehead atoms. The molecule has 1 N–H and O–H groups in total. The summed E-state index contributed by atoms with van der Waals surface area (Å²) in [5.41, 5.74) is 2.05. The van der Waals surface area contributed by atoms with Crippen molar-refractivity contribution in [1.82, 2.24) is 9.97 Å². The Labute approximate surface area is 154 Å². The van der Waals surface area contributed by atoms with Crippen LogP contribution in [0.3, 0.4) is 0 Å². The first-order chi connectivity index (χ1) is 12.3. The van der Waals surface area contributed by atoms with Crippen LogP contribution in [0.1, 0.15) is 11.4 Å². The zero-order valence-electron chi connectivity index (χ0n) is 13.3. The Hall–Kier alpha value is -2.46. The van der Waals surface area contributed by atoms with Crippen molar-refractivity contribution in [3.63, 3.8) is 0 Å². The Balaban J connectivity index is 1.63. The van der Waals surface area contributed by atoms with E-state index in [1.54, 1.807) is 5.38 Å². The van der Waals surface area contributed by atoms with Crippen LogP contribution in [-0.2, 0) is 11.2 Å². The number of benzene rings is 1. The summed E-state index contributed by atoms with van der Waals surface area (Å²) in [6.07, 6.45) is -4.64. The molecule has 0 aliphatic carbocycles. The molecular formula is C16H12F3N3O2S2. The van der Waals surface area contributed by atoms with Gasteiger partial charge in [-0.15, -0.1) is 35.8 Å². The van der Waals surface area contributed by atoms with Crippen molar-refractivity contribution < 1.29 is 22.7 Å². The Bertz CT molecular complexity index is 904. The van der Waals surface area contributed by atoms with Crippen LogP contribution < -0.4 is 10.1 Å². The number of hydrogen-bond acceptors (Lipinski definition) is 6. The minimum Gasteiger partial charge on any atom is -0.406 e. The summed E-state index contributed by atoms with van der Waals surface area (Å²) >= 11 is 2.65. The van der Waals surface area contributed by atoms with Gasteiger partial charge in [-0.3, -0.25) is 4.79 Å². The fourth-order valence-corrected chi connectivity index (χ4v) is 3.59. The summed E-state index contributed by atoms with van der Waals surface area (Å²) in [7, 11) is 0. The van der Waals surface area contributed by atoms with E-state index in [1.807, 2.05) is 12.3 Å². The molecule has 0 aliphatic rings. The SMILES string of the molecule is Cc1csc(NC(=O)Cc2csc(-c3ccc(OC(F)(F)F)cc3)n2)n1. The molecular weight excluding hydrogens is 387 g/mol. The van der Waals surface area contributed by atoms with Gasteiger partial charge in [-0.1, -0.05) is 0 Å². The molecule has 0 saturated carbocycles. The minimum atomic E-state index is -4.72. The third-order valence-corrected chi connectivity index (χ3v) is 4.91. The topological polar surface area (TPSA) is 64.1 Å². The molecule has 0 saturated heterocycles. The van der Waals surface area contributed by atoms with Crippen molar-refractivity contribution in [2.75, 3.05) is 5.32 Å². The van der Waals surface area contributed by atoms with Crippen molar-refractivity contribution in [3.05, 3.63) is 46.4 Å². The van der Waals surface area contributed by atoms with Crippen molar-refractivity contribution >= 4 is 33.7 Å². The van der Waals surface area contributed by atoms with Gasteiger partial charge in [-0.25, -0.2) is 9.97 Å². The number of carbonyl (C=O) groups is 1. The molecule has 0 unspecified atom stereocenters. The third kappa shape index (κ3) is 5.02. The van der Waals surface area contributed by atoms with Gasteiger partial charge in [0.2, 0.25) is 5.91 Å². The van der Waals surface area contributed by atoms with E-state index >= 15 is 0 Å². The number of carbonyl (C=O) groups excluding carboxylic acids is 1. The summed E-state index contributed by atoms with van der Waals surface area (Å²) in [5.74, 6) is -0.527. The van der Waals surface area contributed by atoms with E-state index in [1.165, 1.54) is 46.9 Å². The number of nitrogens with zero attached hydrogens (tertiary/aromatic N) is 2. The average Bonchev–Trinajstić information content (AvgIpc) is 3.16. The molecule has 0 atom stereocenters. The van der Waals surface area contributed by atoms with E-state index in [0.717, 1.165) is 5.69 Å². The quantitative estimate of drug-likeness (QED) is 0.678. The van der Waals surface area contributed by atoms with E-state index in [9.17, 15) is 18.0 Å². The lowest BCUT2D eigenvalue weighted by molar-refractivity contribution is -0.274. The van der Waals surface area contributed by atoms with Crippen LogP contribution in [0.5, 0.6) is 5.75 Å². The largest absolute Gasteiger partial charge is 0.573 e. The van der Waals surface area contributed by atoms with E-state index in [-0.39, 0.29) is 18.1 Å². The number of halogens is 3. The van der Waals surface area contributed by atoms with Crippen molar-refractivity contribution in [1.29, 1.82) is 0 Å². The molecule has 10 heteroatoms. The summed E-state index contributed by atoms with van der Waals surface area (Å²) in [6.45, 7) is 1.84. The Kier molecular flexibility index (Phi) is 5.23. The normalized spacial score (nSPS) is 11.4. The summed E-state index contributed by atoms with van der Waals surface area (Å²) < 4.78 is 40.4. The first-order valence-electron chi connectivity index (χ1n) is 7.31. The molecule has 5 nitrogen and oxygen atoms in total. The number of rotatable bonds is 5. The number of ether oxygens (including phenoxy) is 1. The van der Waals surface area contributed by atoms with Crippen LogP contribution in [0.2, 0.25) is 0 Å². The highest BCUT2D eigenvalue weighted by molar-refractivity contribution is 7.14. The van der Waals surface area contributed by atoms with Gasteiger partial charge in [0.25, 0.3) is 0 Å². The smallest absolute Gasteiger partial charge is 0.406 e. The zero-order chi connectivity index (χ0) is 18.7. The van der Waals surface area contributed by atoms with Crippen molar-refractivity contribution in [2.24, 2.45) is 0 Å². The number of aryl methyl sites for hydroxylation is 1. The predicted molar refractivity (Wildman–Crippen MR) is 93.4 cm³/mol. The predicted octanol–water partition coefficient (Wildman–Crippen LogP) is 4.65. The molecule has 136 valence electrons. The van der Waals surface area contributed by atoms with Gasteiger partial charge in [0.05, 0.1) is 17.8 Å². The van der Waals surface area contributed by atoms with Crippen LogP contribution in [0.4, 0.5) is 18.3 Å². The van der Waals surface area contributed by atoms with Crippen LogP contribution in [0.25, 0.3) is 10.6 Å². The monoisotopic (exact) mass is 399 g/mol. The molecule has 0 spiro atoms. The molecule has 2 heterocycles. The lowest BCUT2D eigenvalue weighted by Gasteiger charge is -2.08. The van der Waals surface area contributed by atoms with Crippen LogP contribution in [0, 0.1) is 6.92 Å². The fourth-order valence-electron chi connectivity index (χ4n) is 2.06. The number of hydrogen-bond donors (Lipinski definition) is 1. The van der Waals surface area contributed by atoms with E-state index in [2.05, 4.69) is 20.0 Å². The summed E-state index contributed by atoms with van der Waals surface area (Å²) in [4.78, 5) is 20.5. The molecule has 0 aliphatic heterocycles. The Morgan fingerprint density at radius 2 is 1.88 bits per heavy atom. The first kappa shape index (κ1) is 18.3. The van der Waals surface area contributed by atoms with Crippen LogP contribution in [0.15, 0.2) is 35.0 Å². The Morgan fingerprint density at radius 3 is 2.50 bits per heavy atom. The minimum absolute atomic E-state index is 0.0877. The molecule has 3 aromatic rings. The molecule has 1 amide bonds. The zero-order valence-corrected chi connectivity index (χ0v) is 15.0. The summed E-state index contributed by atoms with van der Waals surface area (Å²) in [6, 6.07) is 5.42. The number of nitrogens with one attached hydrogen (secondary N) is 1. The van der Waals surface area contributed by atoms with Gasteiger partial charge in [-0.05, 0) is 31.2 Å². The highest BCUT2D eigenvalue weighted by Crippen LogP contribution is 2.28. The Morgan fingerprint density at radius 1 is 1.15 bits per heavy atom. The lowest BCUT2D eigenvalue weighted by atomic mass is 10.2. The third-order valence-electron chi connectivity index (χ3n) is 3.09. The standard InChI is InChI=1S/C16H12F3N3O2S2/c1-9-7-26-15(20-9)22-13(23)6-11-8-25-14(21-11)10-2-4-12(5-3-10)24-16(17,18)19/h2-5,7-8H,6H2,1H3,(H,20,22,23). The van der Waals surface area contributed by atoms with Gasteiger partial charge < -0.3 is 10.1 Å². The highest BCUT2D eigenvalue weighted by atomic mass is 32.1. The highest BCUT2D eigenvalue weighted by Gasteiger charge is 2.31. The lowest BCUT2D eigenvalue weighted by Crippen LogP contribution is -2.16. The molecule has 0 fully saturated rings. The van der Waals surface area contributed by atoms with Gasteiger partial charge in [0.1, 0.15) is 10.8 Å². The molecule has 3 rings (SSSR count). The first-order valence-corrected chi connectivity index (χ1v) is 9.07. The van der Waals surface area contributed by atoms with Crippen LogP contribution in [-0.4, -0.2) is 22.2 Å². The van der Waals surface area contributed by atoms with Gasteiger partial charge >= 0.3 is 6.36 Å². The van der Waals surface area contributed by atoms with Crippen molar-refractivity contribution in [2.45, 2.75) is 19.7 Å². The molecule has 2 aromatic heterocycles. The maximum Gasteiger partial charge on any atom is 0.573 e. The number of alkyl halides is 3. The summed E-state index contributed by atoms with van der Waals surface area (Å²) in [5, 5.41) is 7.41. The number of thiazole rings is 2. The number of aromatic nitrogens is 2.